The van der Waals surface area contributed by atoms with Crippen LogP contribution >= 0.6 is 11.6 Å². The molecule has 0 atom stereocenters. The fourth-order valence-electron chi connectivity index (χ4n) is 2.10. The summed E-state index contributed by atoms with van der Waals surface area (Å²) in [6, 6.07) is 14.8. The lowest BCUT2D eigenvalue weighted by Crippen LogP contribution is -1.83. The number of rotatable bonds is 2. The summed E-state index contributed by atoms with van der Waals surface area (Å²) in [4.78, 5) is 0. The maximum Gasteiger partial charge on any atom is 0.0409 e. The van der Waals surface area contributed by atoms with Gasteiger partial charge in [-0.05, 0) is 53.3 Å². The van der Waals surface area contributed by atoms with Gasteiger partial charge < -0.3 is 0 Å². The Labute approximate surface area is 107 Å². The first-order valence-corrected chi connectivity index (χ1v) is 6.18. The average molecular weight is 241 g/mol. The van der Waals surface area contributed by atoms with Crippen LogP contribution < -0.4 is 0 Å². The smallest absolute Gasteiger partial charge is 0.0409 e. The zero-order valence-electron chi connectivity index (χ0n) is 9.70. The van der Waals surface area contributed by atoms with E-state index in [2.05, 4.69) is 43.3 Å². The van der Waals surface area contributed by atoms with E-state index in [1.165, 1.54) is 27.8 Å². The Morgan fingerprint density at radius 2 is 1.59 bits per heavy atom. The second-order valence-corrected chi connectivity index (χ2v) is 4.91. The van der Waals surface area contributed by atoms with Gasteiger partial charge in [0.15, 0.2) is 0 Å². The van der Waals surface area contributed by atoms with Crippen LogP contribution in [-0.2, 0) is 0 Å². The highest BCUT2D eigenvalue weighted by Gasteiger charge is 2.10. The molecule has 0 amide bonds. The predicted octanol–water partition coefficient (Wildman–Crippen LogP) is 5.10. The molecule has 84 valence electrons. The van der Waals surface area contributed by atoms with E-state index in [1.54, 1.807) is 0 Å². The van der Waals surface area contributed by atoms with Crippen LogP contribution in [0.1, 0.15) is 17.5 Å². The van der Waals surface area contributed by atoms with E-state index < -0.39 is 0 Å². The molecule has 0 fully saturated rings. The van der Waals surface area contributed by atoms with Crippen LogP contribution in [0.3, 0.4) is 0 Å². The summed E-state index contributed by atoms with van der Waals surface area (Å²) in [5, 5.41) is 0.797. The molecule has 17 heavy (non-hydrogen) atoms. The second-order valence-electron chi connectivity index (χ2n) is 4.47. The quantitative estimate of drug-likeness (QED) is 0.685. The molecule has 0 saturated heterocycles. The van der Waals surface area contributed by atoms with Crippen molar-refractivity contribution in [1.29, 1.82) is 0 Å². The molecule has 0 aliphatic heterocycles. The third kappa shape index (κ3) is 2.13. The van der Waals surface area contributed by atoms with Crippen LogP contribution in [0.4, 0.5) is 0 Å². The highest BCUT2D eigenvalue weighted by Crippen LogP contribution is 2.33. The minimum Gasteiger partial charge on any atom is -0.0843 e. The lowest BCUT2D eigenvalue weighted by atomic mass is 9.99. The Morgan fingerprint density at radius 3 is 2.18 bits per heavy atom. The molecule has 0 saturated carbocycles. The Morgan fingerprint density at radius 1 is 0.941 bits per heavy atom. The van der Waals surface area contributed by atoms with E-state index in [9.17, 15) is 0 Å². The van der Waals surface area contributed by atoms with E-state index in [-0.39, 0.29) is 0 Å². The molecule has 0 heterocycles. The highest BCUT2D eigenvalue weighted by atomic mass is 35.5. The molecule has 0 spiro atoms. The topological polar surface area (TPSA) is 0 Å². The van der Waals surface area contributed by atoms with Crippen molar-refractivity contribution in [3.05, 3.63) is 64.7 Å². The van der Waals surface area contributed by atoms with Crippen LogP contribution in [0.15, 0.2) is 48.5 Å². The number of hydrogen-bond donors (Lipinski definition) is 0. The largest absolute Gasteiger partial charge is 0.0843 e. The predicted molar refractivity (Wildman–Crippen MR) is 74.2 cm³/mol. The van der Waals surface area contributed by atoms with Crippen molar-refractivity contribution < 1.29 is 0 Å². The summed E-state index contributed by atoms with van der Waals surface area (Å²) in [7, 11) is 0. The van der Waals surface area contributed by atoms with Gasteiger partial charge in [-0.25, -0.2) is 0 Å². The zero-order chi connectivity index (χ0) is 11.8. The molecule has 0 unspecified atom stereocenters. The monoisotopic (exact) mass is 240 g/mol. The summed E-state index contributed by atoms with van der Waals surface area (Å²) < 4.78 is 0. The molecule has 0 nitrogen and oxygen atoms in total. The van der Waals surface area contributed by atoms with E-state index in [4.69, 9.17) is 11.6 Å². The van der Waals surface area contributed by atoms with Gasteiger partial charge in [0.25, 0.3) is 0 Å². The number of allylic oxidation sites excluding steroid dienone is 2. The van der Waals surface area contributed by atoms with Crippen molar-refractivity contribution in [3.63, 3.8) is 0 Å². The number of benzene rings is 2. The van der Waals surface area contributed by atoms with Crippen molar-refractivity contribution in [2.24, 2.45) is 0 Å². The molecule has 1 aliphatic rings. The molecule has 0 radical (unpaired) electrons. The van der Waals surface area contributed by atoms with Crippen molar-refractivity contribution >= 4 is 17.2 Å². The first kappa shape index (κ1) is 10.6. The summed E-state index contributed by atoms with van der Waals surface area (Å²) >= 11 is 5.97. The second kappa shape index (κ2) is 4.05. The van der Waals surface area contributed by atoms with E-state index >= 15 is 0 Å². The third-order valence-corrected chi connectivity index (χ3v) is 3.40. The Balaban J connectivity index is 1.99. The van der Waals surface area contributed by atoms with E-state index in [1.807, 2.05) is 12.1 Å². The molecular weight excluding hydrogens is 228 g/mol. The SMILES string of the molecule is Cc1cc(Cl)ccc1-c1ccc(C2=CC2)cc1. The molecule has 2 aromatic carbocycles. The van der Waals surface area contributed by atoms with Crippen molar-refractivity contribution in [1.82, 2.24) is 0 Å². The molecule has 2 aromatic rings. The van der Waals surface area contributed by atoms with Crippen molar-refractivity contribution in [2.45, 2.75) is 13.3 Å². The van der Waals surface area contributed by atoms with E-state index in [0.29, 0.717) is 0 Å². The van der Waals surface area contributed by atoms with Crippen LogP contribution in [0.5, 0.6) is 0 Å². The molecule has 0 aromatic heterocycles. The van der Waals surface area contributed by atoms with Crippen molar-refractivity contribution in [3.8, 4) is 11.1 Å². The number of hydrogen-bond acceptors (Lipinski definition) is 0. The van der Waals surface area contributed by atoms with Gasteiger partial charge in [0, 0.05) is 5.02 Å². The van der Waals surface area contributed by atoms with Crippen LogP contribution in [0.25, 0.3) is 16.7 Å². The standard InChI is InChI=1S/C16H13Cl/c1-11-10-15(17)8-9-16(11)14-6-4-13(5-7-14)12-2-3-12/h2,4-10H,3H2,1H3. The zero-order valence-corrected chi connectivity index (χ0v) is 10.5. The lowest BCUT2D eigenvalue weighted by molar-refractivity contribution is 1.45. The minimum atomic E-state index is 0.797. The van der Waals surface area contributed by atoms with Crippen LogP contribution in [-0.4, -0.2) is 0 Å². The molecule has 1 aliphatic carbocycles. The normalized spacial score (nSPS) is 13.4. The van der Waals surface area contributed by atoms with Gasteiger partial charge in [-0.3, -0.25) is 0 Å². The average Bonchev–Trinajstić information content (AvgIpc) is 3.13. The molecule has 0 bridgehead atoms. The van der Waals surface area contributed by atoms with E-state index in [0.717, 1.165) is 11.4 Å². The van der Waals surface area contributed by atoms with Crippen LogP contribution in [0, 0.1) is 6.92 Å². The Hall–Kier alpha value is -1.53. The molecule has 0 N–H and O–H groups in total. The summed E-state index contributed by atoms with van der Waals surface area (Å²) in [5.41, 5.74) is 6.54. The van der Waals surface area contributed by atoms with Gasteiger partial charge in [-0.1, -0.05) is 48.0 Å². The molecule has 3 rings (SSSR count). The minimum absolute atomic E-state index is 0.797. The molecule has 1 heteroatoms. The lowest BCUT2D eigenvalue weighted by Gasteiger charge is -2.07. The Kier molecular flexibility index (Phi) is 2.53. The highest BCUT2D eigenvalue weighted by molar-refractivity contribution is 6.30. The maximum absolute atomic E-state index is 5.97. The van der Waals surface area contributed by atoms with Gasteiger partial charge in [-0.2, -0.15) is 0 Å². The number of aryl methyl sites for hydroxylation is 1. The van der Waals surface area contributed by atoms with Gasteiger partial charge in [0.2, 0.25) is 0 Å². The van der Waals surface area contributed by atoms with Gasteiger partial charge >= 0.3 is 0 Å². The first-order valence-electron chi connectivity index (χ1n) is 5.80. The first-order chi connectivity index (χ1) is 8.24. The number of halogens is 1. The van der Waals surface area contributed by atoms with Crippen molar-refractivity contribution in [2.75, 3.05) is 0 Å². The molecular formula is C16H13Cl. The fourth-order valence-corrected chi connectivity index (χ4v) is 2.33. The van der Waals surface area contributed by atoms with Gasteiger partial charge in [0.05, 0.1) is 0 Å². The van der Waals surface area contributed by atoms with Crippen LogP contribution in [0.2, 0.25) is 5.02 Å². The summed E-state index contributed by atoms with van der Waals surface area (Å²) in [5.74, 6) is 0. The fraction of sp³-hybridized carbons (Fsp3) is 0.125. The summed E-state index contributed by atoms with van der Waals surface area (Å²) in [6.45, 7) is 2.10. The van der Waals surface area contributed by atoms with Gasteiger partial charge in [0.1, 0.15) is 0 Å². The Bertz CT molecular complexity index is 591. The summed E-state index contributed by atoms with van der Waals surface area (Å²) in [6.07, 6.45) is 3.40. The maximum atomic E-state index is 5.97. The van der Waals surface area contributed by atoms with Gasteiger partial charge in [-0.15, -0.1) is 0 Å². The third-order valence-electron chi connectivity index (χ3n) is 3.16.